The Morgan fingerprint density at radius 2 is 1.80 bits per heavy atom. The van der Waals surface area contributed by atoms with Crippen LogP contribution in [0.15, 0.2) is 48.8 Å². The lowest BCUT2D eigenvalue weighted by atomic mass is 9.87. The van der Waals surface area contributed by atoms with Crippen LogP contribution >= 0.6 is 0 Å². The molecule has 1 aliphatic carbocycles. The molecule has 0 radical (unpaired) electrons. The van der Waals surface area contributed by atoms with E-state index < -0.39 is 0 Å². The van der Waals surface area contributed by atoms with Crippen molar-refractivity contribution in [1.29, 1.82) is 0 Å². The van der Waals surface area contributed by atoms with E-state index in [4.69, 9.17) is 0 Å². The third kappa shape index (κ3) is 3.45. The fraction of sp³-hybridized carbons (Fsp3) is 0.429. The molecule has 4 heteroatoms. The van der Waals surface area contributed by atoms with Crippen LogP contribution in [0.25, 0.3) is 0 Å². The molecule has 1 fully saturated rings. The van der Waals surface area contributed by atoms with Gasteiger partial charge < -0.3 is 4.90 Å². The molecule has 1 aromatic carbocycles. The van der Waals surface area contributed by atoms with E-state index in [9.17, 15) is 4.79 Å². The van der Waals surface area contributed by atoms with Gasteiger partial charge in [-0.3, -0.25) is 14.7 Å². The first-order valence-corrected chi connectivity index (χ1v) is 9.34. The zero-order valence-corrected chi connectivity index (χ0v) is 14.6. The molecule has 0 unspecified atom stereocenters. The van der Waals surface area contributed by atoms with E-state index in [-0.39, 0.29) is 5.91 Å². The standard InChI is InChI=1S/C21H25N3O/c25-21(18-9-11-22-12-10-18)24-14-4-13-23(15-16-24)20-8-3-6-17-5-1-2-7-19(17)20/h1-2,5,7,9-12,20H,3-4,6,8,13-16H2/t20-/m1/s1. The molecule has 0 saturated carbocycles. The van der Waals surface area contributed by atoms with Gasteiger partial charge in [0.1, 0.15) is 0 Å². The normalized spacial score (nSPS) is 21.4. The molecule has 1 amide bonds. The Balaban J connectivity index is 1.46. The highest BCUT2D eigenvalue weighted by atomic mass is 16.2. The monoisotopic (exact) mass is 335 g/mol. The van der Waals surface area contributed by atoms with Gasteiger partial charge in [0.05, 0.1) is 0 Å². The number of aryl methyl sites for hydroxylation is 1. The average Bonchev–Trinajstić information content (AvgIpc) is 2.94. The minimum Gasteiger partial charge on any atom is -0.337 e. The first-order valence-electron chi connectivity index (χ1n) is 9.34. The number of benzene rings is 1. The van der Waals surface area contributed by atoms with Crippen LogP contribution in [-0.2, 0) is 6.42 Å². The second-order valence-corrected chi connectivity index (χ2v) is 7.02. The van der Waals surface area contributed by atoms with E-state index in [0.717, 1.165) is 38.2 Å². The quantitative estimate of drug-likeness (QED) is 0.845. The van der Waals surface area contributed by atoms with Crippen LogP contribution < -0.4 is 0 Å². The summed E-state index contributed by atoms with van der Waals surface area (Å²) in [6, 6.07) is 13.0. The molecule has 2 aliphatic rings. The van der Waals surface area contributed by atoms with E-state index in [1.165, 1.54) is 30.4 Å². The predicted octanol–water partition coefficient (Wildman–Crippen LogP) is 3.31. The van der Waals surface area contributed by atoms with Crippen molar-refractivity contribution in [2.75, 3.05) is 26.2 Å². The van der Waals surface area contributed by atoms with Gasteiger partial charge in [-0.15, -0.1) is 0 Å². The minimum absolute atomic E-state index is 0.133. The third-order valence-electron chi connectivity index (χ3n) is 5.52. The molecule has 2 aromatic rings. The van der Waals surface area contributed by atoms with Gasteiger partial charge in [0.15, 0.2) is 0 Å². The number of fused-ring (bicyclic) bond motifs is 1. The van der Waals surface area contributed by atoms with Crippen molar-refractivity contribution in [2.45, 2.75) is 31.7 Å². The molecule has 1 atom stereocenters. The number of amides is 1. The Morgan fingerprint density at radius 1 is 0.960 bits per heavy atom. The molecular formula is C21H25N3O. The SMILES string of the molecule is O=C(c1ccncc1)N1CCCN([C@@H]2CCCc3ccccc32)CC1. The van der Waals surface area contributed by atoms with Crippen molar-refractivity contribution in [3.63, 3.8) is 0 Å². The lowest BCUT2D eigenvalue weighted by molar-refractivity contribution is 0.0756. The van der Waals surface area contributed by atoms with Crippen molar-refractivity contribution < 1.29 is 4.79 Å². The maximum atomic E-state index is 12.7. The Hall–Kier alpha value is -2.20. The number of rotatable bonds is 2. The number of carbonyl (C=O) groups excluding carboxylic acids is 1. The summed E-state index contributed by atoms with van der Waals surface area (Å²) < 4.78 is 0. The maximum absolute atomic E-state index is 12.7. The predicted molar refractivity (Wildman–Crippen MR) is 98.5 cm³/mol. The highest BCUT2D eigenvalue weighted by Crippen LogP contribution is 2.34. The van der Waals surface area contributed by atoms with Crippen LogP contribution in [0.4, 0.5) is 0 Å². The average molecular weight is 335 g/mol. The summed E-state index contributed by atoms with van der Waals surface area (Å²) >= 11 is 0. The fourth-order valence-electron chi connectivity index (χ4n) is 4.24. The maximum Gasteiger partial charge on any atom is 0.254 e. The zero-order valence-electron chi connectivity index (χ0n) is 14.6. The summed E-state index contributed by atoms with van der Waals surface area (Å²) in [5.41, 5.74) is 3.75. The largest absolute Gasteiger partial charge is 0.337 e. The topological polar surface area (TPSA) is 36.4 Å². The zero-order chi connectivity index (χ0) is 17.1. The van der Waals surface area contributed by atoms with Gasteiger partial charge in [0, 0.05) is 50.2 Å². The van der Waals surface area contributed by atoms with Crippen LogP contribution in [0.5, 0.6) is 0 Å². The number of nitrogens with zero attached hydrogens (tertiary/aromatic N) is 3. The van der Waals surface area contributed by atoms with E-state index in [1.54, 1.807) is 12.4 Å². The van der Waals surface area contributed by atoms with Gasteiger partial charge in [-0.2, -0.15) is 0 Å². The van der Waals surface area contributed by atoms with E-state index in [1.807, 2.05) is 17.0 Å². The summed E-state index contributed by atoms with van der Waals surface area (Å²) in [5.74, 6) is 0.133. The fourth-order valence-corrected chi connectivity index (χ4v) is 4.24. The van der Waals surface area contributed by atoms with E-state index in [2.05, 4.69) is 34.1 Å². The van der Waals surface area contributed by atoms with Gasteiger partial charge in [-0.1, -0.05) is 24.3 Å². The molecule has 4 nitrogen and oxygen atoms in total. The van der Waals surface area contributed by atoms with Gasteiger partial charge >= 0.3 is 0 Å². The lowest BCUT2D eigenvalue weighted by Crippen LogP contribution is -2.37. The summed E-state index contributed by atoms with van der Waals surface area (Å²) in [4.78, 5) is 21.3. The number of aromatic nitrogens is 1. The number of hydrogen-bond donors (Lipinski definition) is 0. The van der Waals surface area contributed by atoms with Crippen LogP contribution in [0.1, 0.15) is 46.8 Å². The molecular weight excluding hydrogens is 310 g/mol. The number of hydrogen-bond acceptors (Lipinski definition) is 3. The molecule has 1 aliphatic heterocycles. The Kier molecular flexibility index (Phi) is 4.79. The van der Waals surface area contributed by atoms with Gasteiger partial charge in [-0.25, -0.2) is 0 Å². The minimum atomic E-state index is 0.133. The van der Waals surface area contributed by atoms with E-state index >= 15 is 0 Å². The van der Waals surface area contributed by atoms with Crippen molar-refractivity contribution in [3.8, 4) is 0 Å². The summed E-state index contributed by atoms with van der Waals surface area (Å²) in [5, 5.41) is 0. The first-order chi connectivity index (χ1) is 12.3. The van der Waals surface area contributed by atoms with Crippen LogP contribution in [0, 0.1) is 0 Å². The molecule has 25 heavy (non-hydrogen) atoms. The van der Waals surface area contributed by atoms with Crippen molar-refractivity contribution in [2.24, 2.45) is 0 Å². The van der Waals surface area contributed by atoms with Gasteiger partial charge in [0.25, 0.3) is 5.91 Å². The second kappa shape index (κ2) is 7.36. The highest BCUT2D eigenvalue weighted by Gasteiger charge is 2.28. The molecule has 1 saturated heterocycles. The summed E-state index contributed by atoms with van der Waals surface area (Å²) in [7, 11) is 0. The molecule has 4 rings (SSSR count). The van der Waals surface area contributed by atoms with Crippen LogP contribution in [0.2, 0.25) is 0 Å². The number of carbonyl (C=O) groups is 1. The highest BCUT2D eigenvalue weighted by molar-refractivity contribution is 5.94. The van der Waals surface area contributed by atoms with Gasteiger partial charge in [0.2, 0.25) is 0 Å². The van der Waals surface area contributed by atoms with Crippen molar-refractivity contribution >= 4 is 5.91 Å². The molecule has 0 spiro atoms. The smallest absolute Gasteiger partial charge is 0.254 e. The molecule has 0 N–H and O–H groups in total. The molecule has 1 aromatic heterocycles. The summed E-state index contributed by atoms with van der Waals surface area (Å²) in [6.07, 6.45) is 8.11. The second-order valence-electron chi connectivity index (χ2n) is 7.02. The van der Waals surface area contributed by atoms with Crippen molar-refractivity contribution in [3.05, 3.63) is 65.5 Å². The Morgan fingerprint density at radius 3 is 2.68 bits per heavy atom. The molecule has 0 bridgehead atoms. The van der Waals surface area contributed by atoms with Crippen LogP contribution in [-0.4, -0.2) is 46.9 Å². The molecule has 2 heterocycles. The Labute approximate surface area is 149 Å². The van der Waals surface area contributed by atoms with Crippen molar-refractivity contribution in [1.82, 2.24) is 14.8 Å². The lowest BCUT2D eigenvalue weighted by Gasteiger charge is -2.35. The molecule has 130 valence electrons. The Bertz CT molecular complexity index is 731. The summed E-state index contributed by atoms with van der Waals surface area (Å²) in [6.45, 7) is 3.67. The number of pyridine rings is 1. The van der Waals surface area contributed by atoms with Gasteiger partial charge in [-0.05, 0) is 48.9 Å². The van der Waals surface area contributed by atoms with E-state index in [0.29, 0.717) is 6.04 Å². The van der Waals surface area contributed by atoms with Crippen LogP contribution in [0.3, 0.4) is 0 Å². The third-order valence-corrected chi connectivity index (χ3v) is 5.52. The first kappa shape index (κ1) is 16.3.